The van der Waals surface area contributed by atoms with Crippen LogP contribution in [0.2, 0.25) is 0 Å². The van der Waals surface area contributed by atoms with Crippen molar-refractivity contribution in [2.45, 2.75) is 6.18 Å². The van der Waals surface area contributed by atoms with E-state index in [1.807, 2.05) is 5.32 Å². The Kier molecular flexibility index (Phi) is 3.63. The maximum Gasteiger partial charge on any atom is 0.431 e. The Bertz CT molecular complexity index is 588. The summed E-state index contributed by atoms with van der Waals surface area (Å²) in [5.41, 5.74) is -1.31. The monoisotopic (exact) mass is 288 g/mol. The molecule has 0 aliphatic carbocycles. The Labute approximate surface area is 108 Å². The van der Waals surface area contributed by atoms with Gasteiger partial charge in [0.05, 0.1) is 0 Å². The van der Waals surface area contributed by atoms with Crippen LogP contribution in [0.3, 0.4) is 0 Å². The normalized spacial score (nSPS) is 12.2. The van der Waals surface area contributed by atoms with Gasteiger partial charge in [-0.05, 0) is 0 Å². The number of halogens is 3. The van der Waals surface area contributed by atoms with Crippen molar-refractivity contribution in [2.24, 2.45) is 0 Å². The zero-order valence-corrected chi connectivity index (χ0v) is 9.56. The SMILES string of the molecule is O=C(/C=C(\Nc1ncn[nH]1)C(F)(F)F)Nc1ncn[nH]1. The largest absolute Gasteiger partial charge is 0.431 e. The lowest BCUT2D eigenvalue weighted by atomic mass is 10.3. The second-order valence-corrected chi connectivity index (χ2v) is 3.34. The van der Waals surface area contributed by atoms with Crippen LogP contribution in [-0.4, -0.2) is 42.4 Å². The van der Waals surface area contributed by atoms with Gasteiger partial charge < -0.3 is 5.32 Å². The summed E-state index contributed by atoms with van der Waals surface area (Å²) in [5.74, 6) is -1.37. The number of amides is 1. The van der Waals surface area contributed by atoms with Crippen LogP contribution in [0.5, 0.6) is 0 Å². The van der Waals surface area contributed by atoms with Crippen molar-refractivity contribution in [3.63, 3.8) is 0 Å². The minimum atomic E-state index is -4.77. The molecule has 0 unspecified atom stereocenters. The first-order chi connectivity index (χ1) is 9.45. The molecule has 0 radical (unpaired) electrons. The Hall–Kier alpha value is -2.92. The van der Waals surface area contributed by atoms with Crippen LogP contribution in [-0.2, 0) is 4.79 Å². The number of hydrogen-bond donors (Lipinski definition) is 4. The fraction of sp³-hybridized carbons (Fsp3) is 0.125. The summed E-state index contributed by atoms with van der Waals surface area (Å²) < 4.78 is 38.2. The summed E-state index contributed by atoms with van der Waals surface area (Å²) in [4.78, 5) is 18.5. The molecule has 0 fully saturated rings. The lowest BCUT2D eigenvalue weighted by molar-refractivity contribution is -0.113. The predicted octanol–water partition coefficient (Wildman–Crippen LogP) is 0.420. The molecule has 2 aromatic heterocycles. The van der Waals surface area contributed by atoms with Crippen molar-refractivity contribution in [1.29, 1.82) is 0 Å². The number of nitrogens with one attached hydrogen (secondary N) is 4. The first-order valence-electron chi connectivity index (χ1n) is 5.03. The fourth-order valence-electron chi connectivity index (χ4n) is 1.13. The zero-order valence-electron chi connectivity index (χ0n) is 9.56. The first-order valence-corrected chi connectivity index (χ1v) is 5.03. The minimum absolute atomic E-state index is 0.0764. The molecular weight excluding hydrogens is 281 g/mol. The van der Waals surface area contributed by atoms with Gasteiger partial charge in [0.15, 0.2) is 0 Å². The molecule has 12 heteroatoms. The Morgan fingerprint density at radius 1 is 1.10 bits per heavy atom. The molecule has 106 valence electrons. The second kappa shape index (κ2) is 5.38. The van der Waals surface area contributed by atoms with Crippen LogP contribution in [0.1, 0.15) is 0 Å². The van der Waals surface area contributed by atoms with Gasteiger partial charge in [-0.1, -0.05) is 0 Å². The third-order valence-corrected chi connectivity index (χ3v) is 1.91. The van der Waals surface area contributed by atoms with Crippen molar-refractivity contribution < 1.29 is 18.0 Å². The minimum Gasteiger partial charge on any atom is -0.320 e. The number of alkyl halides is 3. The number of carbonyl (C=O) groups is 1. The lowest BCUT2D eigenvalue weighted by Crippen LogP contribution is -2.23. The summed E-state index contributed by atoms with van der Waals surface area (Å²) in [6.07, 6.45) is -2.34. The van der Waals surface area contributed by atoms with Gasteiger partial charge in [-0.3, -0.25) is 10.1 Å². The van der Waals surface area contributed by atoms with Gasteiger partial charge >= 0.3 is 6.18 Å². The average molecular weight is 288 g/mol. The van der Waals surface area contributed by atoms with Crippen LogP contribution in [0.15, 0.2) is 24.4 Å². The molecule has 2 rings (SSSR count). The Morgan fingerprint density at radius 2 is 1.65 bits per heavy atom. The molecule has 0 saturated heterocycles. The topological polar surface area (TPSA) is 124 Å². The highest BCUT2D eigenvalue weighted by Crippen LogP contribution is 2.25. The smallest absolute Gasteiger partial charge is 0.320 e. The summed E-state index contributed by atoms with van der Waals surface area (Å²) in [6, 6.07) is 0. The molecule has 2 heterocycles. The molecule has 0 atom stereocenters. The molecule has 4 N–H and O–H groups in total. The van der Waals surface area contributed by atoms with E-state index in [2.05, 4.69) is 35.7 Å². The van der Waals surface area contributed by atoms with Crippen molar-refractivity contribution in [3.05, 3.63) is 24.4 Å². The Balaban J connectivity index is 2.13. The van der Waals surface area contributed by atoms with E-state index in [4.69, 9.17) is 0 Å². The number of carbonyl (C=O) groups excluding carboxylic acids is 1. The number of aromatic amines is 2. The third kappa shape index (κ3) is 3.54. The molecule has 0 bridgehead atoms. The van der Waals surface area contributed by atoms with Gasteiger partial charge in [0.1, 0.15) is 18.4 Å². The highest BCUT2D eigenvalue weighted by Gasteiger charge is 2.35. The maximum absolute atomic E-state index is 12.7. The fourth-order valence-corrected chi connectivity index (χ4v) is 1.13. The third-order valence-electron chi connectivity index (χ3n) is 1.91. The van der Waals surface area contributed by atoms with Crippen LogP contribution in [0, 0.1) is 0 Å². The molecule has 20 heavy (non-hydrogen) atoms. The number of aromatic nitrogens is 6. The number of rotatable bonds is 4. The van der Waals surface area contributed by atoms with Gasteiger partial charge in [0.25, 0.3) is 5.91 Å². The number of allylic oxidation sites excluding steroid dienone is 1. The molecule has 0 aliphatic heterocycles. The van der Waals surface area contributed by atoms with E-state index in [-0.39, 0.29) is 11.9 Å². The first kappa shape index (κ1) is 13.5. The van der Waals surface area contributed by atoms with Gasteiger partial charge in [-0.2, -0.15) is 33.3 Å². The molecule has 0 saturated carbocycles. The van der Waals surface area contributed by atoms with E-state index >= 15 is 0 Å². The highest BCUT2D eigenvalue weighted by molar-refractivity contribution is 5.98. The average Bonchev–Trinajstić information content (AvgIpc) is 2.99. The number of H-pyrrole nitrogens is 2. The molecule has 0 aliphatic rings. The summed E-state index contributed by atoms with van der Waals surface area (Å²) in [6.45, 7) is 0. The van der Waals surface area contributed by atoms with E-state index in [9.17, 15) is 18.0 Å². The number of nitrogens with zero attached hydrogens (tertiary/aromatic N) is 4. The van der Waals surface area contributed by atoms with Crippen LogP contribution < -0.4 is 10.6 Å². The van der Waals surface area contributed by atoms with Crippen LogP contribution in [0.25, 0.3) is 0 Å². The van der Waals surface area contributed by atoms with Gasteiger partial charge in [-0.25, -0.2) is 10.2 Å². The van der Waals surface area contributed by atoms with E-state index in [1.165, 1.54) is 0 Å². The van der Waals surface area contributed by atoms with Gasteiger partial charge in [0.2, 0.25) is 11.9 Å². The van der Waals surface area contributed by atoms with Crippen LogP contribution in [0.4, 0.5) is 25.1 Å². The van der Waals surface area contributed by atoms with Gasteiger partial charge in [-0.15, -0.1) is 0 Å². The van der Waals surface area contributed by atoms with E-state index in [0.29, 0.717) is 6.08 Å². The van der Waals surface area contributed by atoms with Crippen molar-refractivity contribution in [1.82, 2.24) is 30.4 Å². The van der Waals surface area contributed by atoms with Crippen molar-refractivity contribution >= 4 is 17.8 Å². The van der Waals surface area contributed by atoms with Gasteiger partial charge in [0, 0.05) is 6.08 Å². The predicted molar refractivity (Wildman–Crippen MR) is 59.2 cm³/mol. The van der Waals surface area contributed by atoms with Crippen LogP contribution >= 0.6 is 0 Å². The van der Waals surface area contributed by atoms with Crippen molar-refractivity contribution in [2.75, 3.05) is 10.6 Å². The standard InChI is InChI=1S/C8H7F3N8O/c9-8(10,11)4(16-6-12-2-14-18-6)1-5(20)17-7-13-3-15-19-7/h1-3H,(H2,12,14,16,18)(H2,13,15,17,19,20)/b4-1-. The number of anilines is 2. The molecule has 2 aromatic rings. The molecule has 1 amide bonds. The van der Waals surface area contributed by atoms with Crippen molar-refractivity contribution in [3.8, 4) is 0 Å². The quantitative estimate of drug-likeness (QED) is 0.604. The molecular formula is C8H7F3N8O. The maximum atomic E-state index is 12.7. The summed E-state index contributed by atoms with van der Waals surface area (Å²) in [7, 11) is 0. The molecule has 0 spiro atoms. The number of hydrogen-bond acceptors (Lipinski definition) is 6. The van der Waals surface area contributed by atoms with E-state index in [1.54, 1.807) is 0 Å². The molecule has 9 nitrogen and oxygen atoms in total. The summed E-state index contributed by atoms with van der Waals surface area (Å²) >= 11 is 0. The van der Waals surface area contributed by atoms with E-state index in [0.717, 1.165) is 12.7 Å². The highest BCUT2D eigenvalue weighted by atomic mass is 19.4. The molecule has 0 aromatic carbocycles. The van der Waals surface area contributed by atoms with E-state index < -0.39 is 17.8 Å². The lowest BCUT2D eigenvalue weighted by Gasteiger charge is -2.11. The second-order valence-electron chi connectivity index (χ2n) is 3.34. The Morgan fingerprint density at radius 3 is 2.10 bits per heavy atom. The zero-order chi connectivity index (χ0) is 14.6. The summed E-state index contributed by atoms with van der Waals surface area (Å²) in [5, 5.41) is 15.3.